The molecule has 0 spiro atoms. The SMILES string of the molecule is Oc1ccc2c(Br)c(I)sc2c1. The van der Waals surface area contributed by atoms with Gasteiger partial charge in [0, 0.05) is 14.6 Å². The molecule has 0 radical (unpaired) electrons. The zero-order chi connectivity index (χ0) is 8.72. The maximum absolute atomic E-state index is 9.22. The van der Waals surface area contributed by atoms with E-state index in [2.05, 4.69) is 38.5 Å². The quantitative estimate of drug-likeness (QED) is 0.709. The molecule has 0 fully saturated rings. The summed E-state index contributed by atoms with van der Waals surface area (Å²) in [7, 11) is 0. The topological polar surface area (TPSA) is 20.2 Å². The van der Waals surface area contributed by atoms with E-state index >= 15 is 0 Å². The molecule has 2 aromatic rings. The Labute approximate surface area is 95.7 Å². The van der Waals surface area contributed by atoms with Crippen LogP contribution in [0.2, 0.25) is 0 Å². The molecule has 0 saturated carbocycles. The number of hydrogen-bond acceptors (Lipinski definition) is 2. The summed E-state index contributed by atoms with van der Waals surface area (Å²) >= 11 is 7.45. The van der Waals surface area contributed by atoms with Crippen LogP contribution >= 0.6 is 49.9 Å². The standard InChI is InChI=1S/C8H4BrIOS/c9-7-5-2-1-4(11)3-6(5)12-8(7)10/h1-3,11H. The number of benzene rings is 1. The minimum Gasteiger partial charge on any atom is -0.508 e. The van der Waals surface area contributed by atoms with Crippen LogP contribution in [-0.4, -0.2) is 5.11 Å². The monoisotopic (exact) mass is 354 g/mol. The van der Waals surface area contributed by atoms with E-state index in [0.29, 0.717) is 5.75 Å². The number of rotatable bonds is 0. The van der Waals surface area contributed by atoms with E-state index in [1.165, 1.54) is 8.27 Å². The first-order chi connectivity index (χ1) is 5.68. The molecule has 0 bridgehead atoms. The van der Waals surface area contributed by atoms with Crippen LogP contribution in [0.25, 0.3) is 10.1 Å². The van der Waals surface area contributed by atoms with Crippen molar-refractivity contribution in [2.45, 2.75) is 0 Å². The van der Waals surface area contributed by atoms with Crippen LogP contribution in [-0.2, 0) is 0 Å². The minimum absolute atomic E-state index is 0.327. The third kappa shape index (κ3) is 1.36. The molecule has 0 unspecified atom stereocenters. The van der Waals surface area contributed by atoms with E-state index < -0.39 is 0 Å². The summed E-state index contributed by atoms with van der Waals surface area (Å²) in [5.41, 5.74) is 0. The van der Waals surface area contributed by atoms with E-state index in [9.17, 15) is 5.11 Å². The Morgan fingerprint density at radius 2 is 2.17 bits per heavy atom. The second-order valence-corrected chi connectivity index (χ2v) is 6.03. The van der Waals surface area contributed by atoms with Crippen molar-refractivity contribution in [3.8, 4) is 5.75 Å². The molecule has 0 aliphatic carbocycles. The number of hydrogen-bond donors (Lipinski definition) is 1. The molecule has 0 aliphatic heterocycles. The van der Waals surface area contributed by atoms with Crippen LogP contribution in [0.4, 0.5) is 0 Å². The van der Waals surface area contributed by atoms with Gasteiger partial charge in [-0.25, -0.2) is 0 Å². The smallest absolute Gasteiger partial charge is 0.117 e. The van der Waals surface area contributed by atoms with E-state index in [1.807, 2.05) is 6.07 Å². The lowest BCUT2D eigenvalue weighted by atomic mass is 10.2. The Hall–Kier alpha value is 0.190. The largest absolute Gasteiger partial charge is 0.508 e. The summed E-state index contributed by atoms with van der Waals surface area (Å²) in [5.74, 6) is 0.327. The molecule has 1 aromatic carbocycles. The van der Waals surface area contributed by atoms with Crippen LogP contribution in [0.3, 0.4) is 0 Å². The average Bonchev–Trinajstić information content (AvgIpc) is 2.28. The molecule has 0 amide bonds. The van der Waals surface area contributed by atoms with Crippen molar-refractivity contribution in [3.63, 3.8) is 0 Å². The highest BCUT2D eigenvalue weighted by Crippen LogP contribution is 2.37. The highest BCUT2D eigenvalue weighted by Gasteiger charge is 2.06. The Bertz CT molecular complexity index is 438. The molecular weight excluding hydrogens is 351 g/mol. The van der Waals surface area contributed by atoms with Crippen LogP contribution in [0.1, 0.15) is 0 Å². The first-order valence-electron chi connectivity index (χ1n) is 3.25. The number of phenolic OH excluding ortho intramolecular Hbond substituents is 1. The summed E-state index contributed by atoms with van der Waals surface area (Å²) < 4.78 is 3.46. The summed E-state index contributed by atoms with van der Waals surface area (Å²) in [6.45, 7) is 0. The lowest BCUT2D eigenvalue weighted by Gasteiger charge is -1.91. The highest BCUT2D eigenvalue weighted by molar-refractivity contribution is 14.1. The van der Waals surface area contributed by atoms with Crippen molar-refractivity contribution in [1.82, 2.24) is 0 Å². The van der Waals surface area contributed by atoms with Gasteiger partial charge in [0.15, 0.2) is 0 Å². The Morgan fingerprint density at radius 3 is 2.92 bits per heavy atom. The van der Waals surface area contributed by atoms with Crippen molar-refractivity contribution in [2.24, 2.45) is 0 Å². The van der Waals surface area contributed by atoms with Crippen molar-refractivity contribution in [1.29, 1.82) is 0 Å². The predicted molar refractivity (Wildman–Crippen MR) is 63.9 cm³/mol. The predicted octanol–water partition coefficient (Wildman–Crippen LogP) is 3.97. The van der Waals surface area contributed by atoms with Crippen LogP contribution in [0.15, 0.2) is 22.7 Å². The summed E-state index contributed by atoms with van der Waals surface area (Å²) in [6, 6.07) is 5.41. The molecule has 0 atom stereocenters. The van der Waals surface area contributed by atoms with Gasteiger partial charge in [-0.1, -0.05) is 0 Å². The van der Waals surface area contributed by atoms with Crippen molar-refractivity contribution in [2.75, 3.05) is 0 Å². The van der Waals surface area contributed by atoms with E-state index in [-0.39, 0.29) is 0 Å². The van der Waals surface area contributed by atoms with Gasteiger partial charge in [0.25, 0.3) is 0 Å². The van der Waals surface area contributed by atoms with Crippen molar-refractivity contribution >= 4 is 59.9 Å². The van der Waals surface area contributed by atoms with Crippen LogP contribution < -0.4 is 0 Å². The van der Waals surface area contributed by atoms with Crippen molar-refractivity contribution < 1.29 is 5.11 Å². The molecule has 1 heterocycles. The first kappa shape index (κ1) is 8.77. The number of fused-ring (bicyclic) bond motifs is 1. The third-order valence-electron chi connectivity index (χ3n) is 1.57. The maximum Gasteiger partial charge on any atom is 0.117 e. The Morgan fingerprint density at radius 1 is 1.42 bits per heavy atom. The molecule has 1 aromatic heterocycles. The third-order valence-corrected chi connectivity index (χ3v) is 5.54. The molecule has 62 valence electrons. The maximum atomic E-state index is 9.22. The van der Waals surface area contributed by atoms with Gasteiger partial charge in [0.2, 0.25) is 0 Å². The van der Waals surface area contributed by atoms with Gasteiger partial charge in [0.1, 0.15) is 5.75 Å². The number of halogens is 2. The Balaban J connectivity index is 2.87. The Kier molecular flexibility index (Phi) is 2.31. The summed E-state index contributed by atoms with van der Waals surface area (Å²) in [6.07, 6.45) is 0. The van der Waals surface area contributed by atoms with Gasteiger partial charge in [0.05, 0.1) is 2.88 Å². The molecule has 2 rings (SSSR count). The van der Waals surface area contributed by atoms with Gasteiger partial charge < -0.3 is 5.11 Å². The zero-order valence-corrected chi connectivity index (χ0v) is 10.4. The molecule has 4 heteroatoms. The fourth-order valence-corrected chi connectivity index (χ4v) is 3.60. The normalized spacial score (nSPS) is 10.8. The second kappa shape index (κ2) is 3.16. The van der Waals surface area contributed by atoms with Gasteiger partial charge >= 0.3 is 0 Å². The molecular formula is C8H4BrIOS. The highest BCUT2D eigenvalue weighted by atomic mass is 127. The molecule has 12 heavy (non-hydrogen) atoms. The van der Waals surface area contributed by atoms with Gasteiger partial charge in [-0.05, 0) is 56.7 Å². The molecule has 1 N–H and O–H groups in total. The minimum atomic E-state index is 0.327. The second-order valence-electron chi connectivity index (χ2n) is 2.37. The molecule has 0 aliphatic rings. The lowest BCUT2D eigenvalue weighted by Crippen LogP contribution is -1.64. The van der Waals surface area contributed by atoms with Gasteiger partial charge in [-0.2, -0.15) is 0 Å². The van der Waals surface area contributed by atoms with E-state index in [4.69, 9.17) is 0 Å². The lowest BCUT2D eigenvalue weighted by molar-refractivity contribution is 0.476. The average molecular weight is 355 g/mol. The van der Waals surface area contributed by atoms with Crippen molar-refractivity contribution in [3.05, 3.63) is 25.6 Å². The fraction of sp³-hybridized carbons (Fsp3) is 0. The number of thiophene rings is 1. The fourth-order valence-electron chi connectivity index (χ4n) is 1.02. The summed E-state index contributed by atoms with van der Waals surface area (Å²) in [4.78, 5) is 0. The molecule has 0 saturated heterocycles. The van der Waals surface area contributed by atoms with E-state index in [1.54, 1.807) is 23.5 Å². The van der Waals surface area contributed by atoms with E-state index in [0.717, 1.165) is 9.17 Å². The summed E-state index contributed by atoms with van der Waals surface area (Å²) in [5, 5.41) is 10.4. The first-order valence-corrected chi connectivity index (χ1v) is 5.94. The number of aromatic hydroxyl groups is 1. The van der Waals surface area contributed by atoms with Crippen LogP contribution in [0.5, 0.6) is 5.75 Å². The zero-order valence-electron chi connectivity index (χ0n) is 5.84. The van der Waals surface area contributed by atoms with Crippen LogP contribution in [0, 0.1) is 2.88 Å². The van der Waals surface area contributed by atoms with Gasteiger partial charge in [-0.15, -0.1) is 11.3 Å². The number of phenols is 1. The molecule has 1 nitrogen and oxygen atoms in total. The van der Waals surface area contributed by atoms with Gasteiger partial charge in [-0.3, -0.25) is 0 Å².